The molecule has 4 amide bonds. The van der Waals surface area contributed by atoms with Gasteiger partial charge in [-0.15, -0.1) is 0 Å². The monoisotopic (exact) mass is 478 g/mol. The zero-order valence-electron chi connectivity index (χ0n) is 20.7. The van der Waals surface area contributed by atoms with Gasteiger partial charge in [0.1, 0.15) is 24.9 Å². The SMILES string of the molecule is CCc1cccc(NC(=O)N[C@@H]2COc3ccccc3N(CC(=O)N3CCCC(C)(C)C3)C2=O)c1. The zero-order chi connectivity index (χ0) is 25.0. The van der Waals surface area contributed by atoms with Crippen LogP contribution < -0.4 is 20.3 Å². The Hall–Kier alpha value is -3.55. The van der Waals surface area contributed by atoms with Gasteiger partial charge in [-0.2, -0.15) is 0 Å². The number of urea groups is 1. The topological polar surface area (TPSA) is 91.0 Å². The number of hydrogen-bond donors (Lipinski definition) is 2. The smallest absolute Gasteiger partial charge is 0.320 e. The maximum absolute atomic E-state index is 13.6. The number of carbonyl (C=O) groups excluding carboxylic acids is 3. The van der Waals surface area contributed by atoms with Crippen LogP contribution in [0.3, 0.4) is 0 Å². The molecule has 35 heavy (non-hydrogen) atoms. The second kappa shape index (κ2) is 10.4. The standard InChI is InChI=1S/C27H34N4O4/c1-4-19-9-7-10-20(15-19)28-26(34)29-21-17-35-23-12-6-5-11-22(23)31(25(21)33)16-24(32)30-14-8-13-27(2,3)18-30/h5-7,9-12,15,21H,4,8,13-14,16-18H2,1-3H3,(H2,28,29,34)/t21-/m1/s1. The molecule has 1 saturated heterocycles. The van der Waals surface area contributed by atoms with Crippen LogP contribution in [0.1, 0.15) is 39.2 Å². The van der Waals surface area contributed by atoms with Gasteiger partial charge >= 0.3 is 6.03 Å². The molecule has 0 unspecified atom stereocenters. The predicted molar refractivity (Wildman–Crippen MR) is 136 cm³/mol. The molecule has 0 radical (unpaired) electrons. The number of rotatable bonds is 5. The van der Waals surface area contributed by atoms with Crippen molar-refractivity contribution < 1.29 is 19.1 Å². The molecule has 0 aliphatic carbocycles. The number of piperidine rings is 1. The highest BCUT2D eigenvalue weighted by Gasteiger charge is 2.36. The van der Waals surface area contributed by atoms with Crippen LogP contribution in [0.25, 0.3) is 0 Å². The number of nitrogens with zero attached hydrogens (tertiary/aromatic N) is 2. The Morgan fingerprint density at radius 3 is 2.71 bits per heavy atom. The van der Waals surface area contributed by atoms with E-state index in [4.69, 9.17) is 4.74 Å². The summed E-state index contributed by atoms with van der Waals surface area (Å²) < 4.78 is 5.88. The summed E-state index contributed by atoms with van der Waals surface area (Å²) in [6, 6.07) is 13.3. The Morgan fingerprint density at radius 1 is 1.14 bits per heavy atom. The van der Waals surface area contributed by atoms with Crippen LogP contribution in [-0.4, -0.2) is 55.0 Å². The molecule has 8 nitrogen and oxygen atoms in total. The van der Waals surface area contributed by atoms with Crippen molar-refractivity contribution in [1.82, 2.24) is 10.2 Å². The number of para-hydroxylation sites is 2. The van der Waals surface area contributed by atoms with Gasteiger partial charge in [0.15, 0.2) is 0 Å². The number of ether oxygens (including phenoxy) is 1. The fraction of sp³-hybridized carbons (Fsp3) is 0.444. The molecule has 2 aliphatic rings. The summed E-state index contributed by atoms with van der Waals surface area (Å²) in [5.41, 5.74) is 2.32. The molecule has 1 atom stereocenters. The van der Waals surface area contributed by atoms with E-state index in [0.29, 0.717) is 30.2 Å². The maximum Gasteiger partial charge on any atom is 0.320 e. The minimum Gasteiger partial charge on any atom is -0.489 e. The normalized spacial score (nSPS) is 19.3. The van der Waals surface area contributed by atoms with Crippen molar-refractivity contribution in [1.29, 1.82) is 0 Å². The van der Waals surface area contributed by atoms with E-state index in [1.807, 2.05) is 36.1 Å². The van der Waals surface area contributed by atoms with E-state index in [1.54, 1.807) is 24.3 Å². The van der Waals surface area contributed by atoms with Gasteiger partial charge in [0.05, 0.1) is 5.69 Å². The molecule has 2 heterocycles. The first-order chi connectivity index (χ1) is 16.8. The Morgan fingerprint density at radius 2 is 1.94 bits per heavy atom. The van der Waals surface area contributed by atoms with Crippen LogP contribution in [0.5, 0.6) is 5.75 Å². The molecule has 0 bridgehead atoms. The van der Waals surface area contributed by atoms with Gasteiger partial charge < -0.3 is 20.3 Å². The molecule has 2 aromatic rings. The van der Waals surface area contributed by atoms with Crippen molar-refractivity contribution in [2.45, 2.75) is 46.1 Å². The summed E-state index contributed by atoms with van der Waals surface area (Å²) in [4.78, 5) is 42.8. The minimum atomic E-state index is -0.942. The average molecular weight is 479 g/mol. The van der Waals surface area contributed by atoms with Crippen molar-refractivity contribution in [2.75, 3.05) is 36.5 Å². The van der Waals surface area contributed by atoms with Crippen LogP contribution in [0.4, 0.5) is 16.2 Å². The van der Waals surface area contributed by atoms with Gasteiger partial charge in [-0.05, 0) is 54.5 Å². The highest BCUT2D eigenvalue weighted by atomic mass is 16.5. The Labute approximate surface area is 206 Å². The highest BCUT2D eigenvalue weighted by molar-refractivity contribution is 6.05. The number of hydrogen-bond acceptors (Lipinski definition) is 4. The number of likely N-dealkylation sites (tertiary alicyclic amines) is 1. The molecule has 2 aliphatic heterocycles. The summed E-state index contributed by atoms with van der Waals surface area (Å²) in [5, 5.41) is 5.53. The first-order valence-electron chi connectivity index (χ1n) is 12.2. The minimum absolute atomic E-state index is 0.0281. The third kappa shape index (κ3) is 5.93. The van der Waals surface area contributed by atoms with Crippen LogP contribution >= 0.6 is 0 Å². The van der Waals surface area contributed by atoms with Gasteiger partial charge in [-0.25, -0.2) is 4.79 Å². The summed E-state index contributed by atoms with van der Waals surface area (Å²) in [7, 11) is 0. The van der Waals surface area contributed by atoms with Gasteiger partial charge in [0.25, 0.3) is 5.91 Å². The third-order valence-corrected chi connectivity index (χ3v) is 6.57. The Bertz CT molecular complexity index is 1100. The predicted octanol–water partition coefficient (Wildman–Crippen LogP) is 3.81. The maximum atomic E-state index is 13.6. The summed E-state index contributed by atoms with van der Waals surface area (Å²) in [6.07, 6.45) is 2.86. The van der Waals surface area contributed by atoms with E-state index in [-0.39, 0.29) is 30.4 Å². The van der Waals surface area contributed by atoms with E-state index in [1.165, 1.54) is 4.90 Å². The summed E-state index contributed by atoms with van der Waals surface area (Å²) in [5.74, 6) is 0.0208. The van der Waals surface area contributed by atoms with E-state index in [0.717, 1.165) is 24.8 Å². The fourth-order valence-corrected chi connectivity index (χ4v) is 4.69. The van der Waals surface area contributed by atoms with Crippen molar-refractivity contribution in [3.05, 3.63) is 54.1 Å². The molecule has 8 heteroatoms. The second-order valence-corrected chi connectivity index (χ2v) is 9.99. The van der Waals surface area contributed by atoms with Crippen LogP contribution in [-0.2, 0) is 16.0 Å². The molecule has 0 aromatic heterocycles. The van der Waals surface area contributed by atoms with Crippen LogP contribution in [0.15, 0.2) is 48.5 Å². The van der Waals surface area contributed by atoms with Crippen LogP contribution in [0, 0.1) is 5.41 Å². The summed E-state index contributed by atoms with van der Waals surface area (Å²) in [6.45, 7) is 7.56. The molecular formula is C27H34N4O4. The van der Waals surface area contributed by atoms with Crippen molar-refractivity contribution in [3.63, 3.8) is 0 Å². The molecule has 2 aromatic carbocycles. The largest absolute Gasteiger partial charge is 0.489 e. The molecule has 0 spiro atoms. The lowest BCUT2D eigenvalue weighted by Crippen LogP contribution is -2.54. The van der Waals surface area contributed by atoms with E-state index in [2.05, 4.69) is 24.5 Å². The van der Waals surface area contributed by atoms with Crippen molar-refractivity contribution in [2.24, 2.45) is 5.41 Å². The number of anilines is 2. The lowest BCUT2D eigenvalue weighted by Gasteiger charge is -2.39. The van der Waals surface area contributed by atoms with Crippen LogP contribution in [0.2, 0.25) is 0 Å². The third-order valence-electron chi connectivity index (χ3n) is 6.57. The van der Waals surface area contributed by atoms with Gasteiger partial charge in [0.2, 0.25) is 5.91 Å². The van der Waals surface area contributed by atoms with Gasteiger partial charge in [-0.3, -0.25) is 14.5 Å². The number of carbonyl (C=O) groups is 3. The first-order valence-corrected chi connectivity index (χ1v) is 12.2. The van der Waals surface area contributed by atoms with Gasteiger partial charge in [0, 0.05) is 18.8 Å². The summed E-state index contributed by atoms with van der Waals surface area (Å²) >= 11 is 0. The number of aryl methyl sites for hydroxylation is 1. The van der Waals surface area contributed by atoms with E-state index in [9.17, 15) is 14.4 Å². The zero-order valence-corrected chi connectivity index (χ0v) is 20.7. The molecule has 2 N–H and O–H groups in total. The molecule has 4 rings (SSSR count). The number of fused-ring (bicyclic) bond motifs is 1. The van der Waals surface area contributed by atoms with Crippen molar-refractivity contribution in [3.8, 4) is 5.75 Å². The lowest BCUT2D eigenvalue weighted by atomic mass is 9.84. The average Bonchev–Trinajstić information content (AvgIpc) is 2.96. The molecular weight excluding hydrogens is 444 g/mol. The quantitative estimate of drug-likeness (QED) is 0.684. The van der Waals surface area contributed by atoms with E-state index >= 15 is 0 Å². The Balaban J connectivity index is 1.50. The van der Waals surface area contributed by atoms with Gasteiger partial charge in [-0.1, -0.05) is 45.0 Å². The van der Waals surface area contributed by atoms with Crippen molar-refractivity contribution >= 4 is 29.2 Å². The molecule has 0 saturated carbocycles. The lowest BCUT2D eigenvalue weighted by molar-refractivity contribution is -0.134. The number of benzene rings is 2. The van der Waals surface area contributed by atoms with E-state index < -0.39 is 12.1 Å². The molecule has 1 fully saturated rings. The molecule has 186 valence electrons. The second-order valence-electron chi connectivity index (χ2n) is 9.99. The highest BCUT2D eigenvalue weighted by Crippen LogP contribution is 2.32. The Kier molecular flexibility index (Phi) is 7.28. The number of nitrogens with one attached hydrogen (secondary N) is 2. The fourth-order valence-electron chi connectivity index (χ4n) is 4.69. The number of amides is 4. The first kappa shape index (κ1) is 24.6.